The molecule has 0 fully saturated rings. The first-order chi connectivity index (χ1) is 7.07. The third-order valence-corrected chi connectivity index (χ3v) is 2.30. The second-order valence-corrected chi connectivity index (χ2v) is 3.22. The molecule has 0 atom stereocenters. The zero-order chi connectivity index (χ0) is 11.4. The van der Waals surface area contributed by atoms with Crippen molar-refractivity contribution in [1.29, 1.82) is 0 Å². The van der Waals surface area contributed by atoms with E-state index in [0.29, 0.717) is 11.3 Å². The zero-order valence-electron chi connectivity index (χ0n) is 9.03. The summed E-state index contributed by atoms with van der Waals surface area (Å²) in [5.74, 6) is -0.270. The summed E-state index contributed by atoms with van der Waals surface area (Å²) in [7, 11) is 1.54. The summed E-state index contributed by atoms with van der Waals surface area (Å²) in [6.07, 6.45) is 0. The number of benzene rings is 1. The lowest BCUT2D eigenvalue weighted by atomic mass is 10.0. The molecule has 82 valence electrons. The van der Waals surface area contributed by atoms with Crippen LogP contribution < -0.4 is 4.74 Å². The lowest BCUT2D eigenvalue weighted by Gasteiger charge is -2.11. The largest absolute Gasteiger partial charge is 0.478 e. The molecule has 1 N–H and O–H groups in total. The van der Waals surface area contributed by atoms with Gasteiger partial charge in [0.15, 0.2) is 6.79 Å². The van der Waals surface area contributed by atoms with Crippen molar-refractivity contribution in [2.75, 3.05) is 13.9 Å². The van der Waals surface area contributed by atoms with Crippen LogP contribution in [0.5, 0.6) is 5.75 Å². The van der Waals surface area contributed by atoms with Gasteiger partial charge in [-0.15, -0.1) is 0 Å². The zero-order valence-corrected chi connectivity index (χ0v) is 9.03. The van der Waals surface area contributed by atoms with E-state index in [2.05, 4.69) is 0 Å². The molecule has 0 aliphatic rings. The van der Waals surface area contributed by atoms with Crippen LogP contribution >= 0.6 is 0 Å². The Hall–Kier alpha value is -1.55. The molecule has 0 amide bonds. The molecule has 0 bridgehead atoms. The summed E-state index contributed by atoms with van der Waals surface area (Å²) in [5.41, 5.74) is 1.85. The molecule has 15 heavy (non-hydrogen) atoms. The van der Waals surface area contributed by atoms with E-state index in [-0.39, 0.29) is 6.79 Å². The summed E-state index contributed by atoms with van der Waals surface area (Å²) >= 11 is 0. The first-order valence-corrected chi connectivity index (χ1v) is 4.53. The van der Waals surface area contributed by atoms with E-state index in [1.54, 1.807) is 13.0 Å². The number of carboxylic acids is 1. The van der Waals surface area contributed by atoms with Crippen LogP contribution in [-0.4, -0.2) is 25.0 Å². The van der Waals surface area contributed by atoms with Crippen LogP contribution in [0.4, 0.5) is 0 Å². The van der Waals surface area contributed by atoms with Gasteiger partial charge in [0, 0.05) is 7.11 Å². The van der Waals surface area contributed by atoms with E-state index >= 15 is 0 Å². The fraction of sp³-hybridized carbons (Fsp3) is 0.364. The van der Waals surface area contributed by atoms with Gasteiger partial charge in [0.05, 0.1) is 5.56 Å². The molecule has 0 spiro atoms. The second kappa shape index (κ2) is 4.79. The highest BCUT2D eigenvalue weighted by molar-refractivity contribution is 5.90. The van der Waals surface area contributed by atoms with Crippen molar-refractivity contribution in [3.63, 3.8) is 0 Å². The topological polar surface area (TPSA) is 55.8 Å². The van der Waals surface area contributed by atoms with Gasteiger partial charge in [-0.3, -0.25) is 0 Å². The third kappa shape index (κ3) is 2.47. The molecule has 0 aliphatic heterocycles. The quantitative estimate of drug-likeness (QED) is 0.772. The number of aromatic carboxylic acids is 1. The van der Waals surface area contributed by atoms with E-state index in [9.17, 15) is 4.79 Å². The molecule has 0 aromatic heterocycles. The molecule has 0 aliphatic carbocycles. The lowest BCUT2D eigenvalue weighted by molar-refractivity contribution is 0.0505. The predicted octanol–water partition coefficient (Wildman–Crippen LogP) is 1.98. The predicted molar refractivity (Wildman–Crippen MR) is 55.4 cm³/mol. The minimum Gasteiger partial charge on any atom is -0.478 e. The van der Waals surface area contributed by atoms with Gasteiger partial charge in [-0.2, -0.15) is 0 Å². The normalized spacial score (nSPS) is 10.1. The minimum absolute atomic E-state index is 0.159. The van der Waals surface area contributed by atoms with Crippen molar-refractivity contribution in [2.24, 2.45) is 0 Å². The Morgan fingerprint density at radius 3 is 2.53 bits per heavy atom. The first kappa shape index (κ1) is 11.5. The highest BCUT2D eigenvalue weighted by atomic mass is 16.7. The molecule has 0 unspecified atom stereocenters. The SMILES string of the molecule is COCOc1ccc(C(=O)O)c(C)c1C. The maximum absolute atomic E-state index is 10.8. The fourth-order valence-corrected chi connectivity index (χ4v) is 1.31. The molecule has 0 radical (unpaired) electrons. The number of hydrogen-bond acceptors (Lipinski definition) is 3. The van der Waals surface area contributed by atoms with E-state index < -0.39 is 5.97 Å². The van der Waals surface area contributed by atoms with Crippen LogP contribution in [0.25, 0.3) is 0 Å². The van der Waals surface area contributed by atoms with Gasteiger partial charge in [0.2, 0.25) is 0 Å². The number of ether oxygens (including phenoxy) is 2. The average Bonchev–Trinajstić information content (AvgIpc) is 2.20. The molecule has 0 saturated carbocycles. The van der Waals surface area contributed by atoms with Gasteiger partial charge in [-0.1, -0.05) is 0 Å². The number of hydrogen-bond donors (Lipinski definition) is 1. The van der Waals surface area contributed by atoms with E-state index in [1.807, 2.05) is 6.92 Å². The number of carbonyl (C=O) groups is 1. The van der Waals surface area contributed by atoms with E-state index in [0.717, 1.165) is 11.1 Å². The van der Waals surface area contributed by atoms with Crippen molar-refractivity contribution in [2.45, 2.75) is 13.8 Å². The summed E-state index contributed by atoms with van der Waals surface area (Å²) < 4.78 is 10.1. The first-order valence-electron chi connectivity index (χ1n) is 4.53. The second-order valence-electron chi connectivity index (χ2n) is 3.22. The summed E-state index contributed by atoms with van der Waals surface area (Å²) in [6, 6.07) is 3.18. The van der Waals surface area contributed by atoms with E-state index in [4.69, 9.17) is 14.6 Å². The van der Waals surface area contributed by atoms with Crippen molar-refractivity contribution in [3.8, 4) is 5.75 Å². The number of methoxy groups -OCH3 is 1. The molecular weight excluding hydrogens is 196 g/mol. The Morgan fingerprint density at radius 1 is 1.33 bits per heavy atom. The Bertz CT molecular complexity index is 371. The molecule has 4 nitrogen and oxygen atoms in total. The monoisotopic (exact) mass is 210 g/mol. The number of rotatable bonds is 4. The third-order valence-electron chi connectivity index (χ3n) is 2.30. The van der Waals surface area contributed by atoms with Crippen molar-refractivity contribution in [3.05, 3.63) is 28.8 Å². The highest BCUT2D eigenvalue weighted by Crippen LogP contribution is 2.24. The van der Waals surface area contributed by atoms with Gasteiger partial charge >= 0.3 is 5.97 Å². The van der Waals surface area contributed by atoms with Crippen LogP contribution in [-0.2, 0) is 4.74 Å². The van der Waals surface area contributed by atoms with Crippen LogP contribution in [0.2, 0.25) is 0 Å². The van der Waals surface area contributed by atoms with Crippen molar-refractivity contribution < 1.29 is 19.4 Å². The van der Waals surface area contributed by atoms with Gasteiger partial charge < -0.3 is 14.6 Å². The molecular formula is C11H14O4. The van der Waals surface area contributed by atoms with Crippen LogP contribution in [0.3, 0.4) is 0 Å². The standard InChI is InChI=1S/C11H14O4/c1-7-8(2)10(15-6-14-3)5-4-9(7)11(12)13/h4-5H,6H2,1-3H3,(H,12,13). The molecule has 4 heteroatoms. The van der Waals surface area contributed by atoms with Crippen molar-refractivity contribution in [1.82, 2.24) is 0 Å². The van der Waals surface area contributed by atoms with E-state index in [1.165, 1.54) is 13.2 Å². The molecule has 1 aromatic carbocycles. The van der Waals surface area contributed by atoms with Crippen LogP contribution in [0.1, 0.15) is 21.5 Å². The fourth-order valence-electron chi connectivity index (χ4n) is 1.31. The van der Waals surface area contributed by atoms with Crippen molar-refractivity contribution >= 4 is 5.97 Å². The minimum atomic E-state index is -0.922. The molecule has 0 heterocycles. The molecule has 1 aromatic rings. The van der Waals surface area contributed by atoms with Gasteiger partial charge in [-0.25, -0.2) is 4.79 Å². The van der Waals surface area contributed by atoms with Gasteiger partial charge in [0.1, 0.15) is 5.75 Å². The Kier molecular flexibility index (Phi) is 3.68. The number of carboxylic acid groups (broad SMARTS) is 1. The molecule has 0 saturated heterocycles. The highest BCUT2D eigenvalue weighted by Gasteiger charge is 2.11. The summed E-state index contributed by atoms with van der Waals surface area (Å²) in [6.45, 7) is 3.75. The Labute approximate surface area is 88.4 Å². The van der Waals surface area contributed by atoms with Gasteiger partial charge in [0.25, 0.3) is 0 Å². The lowest BCUT2D eigenvalue weighted by Crippen LogP contribution is -2.05. The summed E-state index contributed by atoms with van der Waals surface area (Å²) in [5, 5.41) is 8.89. The smallest absolute Gasteiger partial charge is 0.335 e. The Morgan fingerprint density at radius 2 is 2.00 bits per heavy atom. The van der Waals surface area contributed by atoms with Crippen LogP contribution in [0, 0.1) is 13.8 Å². The average molecular weight is 210 g/mol. The van der Waals surface area contributed by atoms with Gasteiger partial charge in [-0.05, 0) is 37.1 Å². The van der Waals surface area contributed by atoms with Crippen LogP contribution in [0.15, 0.2) is 12.1 Å². The molecule has 1 rings (SSSR count). The maximum Gasteiger partial charge on any atom is 0.335 e. The Balaban J connectivity index is 3.04. The maximum atomic E-state index is 10.8. The summed E-state index contributed by atoms with van der Waals surface area (Å²) in [4.78, 5) is 10.8.